The molecule has 0 spiro atoms. The van der Waals surface area contributed by atoms with E-state index in [1.807, 2.05) is 6.07 Å². The lowest BCUT2D eigenvalue weighted by molar-refractivity contribution is -0.0519. The van der Waals surface area contributed by atoms with Gasteiger partial charge in [0.1, 0.15) is 5.52 Å². The third kappa shape index (κ3) is 5.22. The zero-order valence-electron chi connectivity index (χ0n) is 20.3. The van der Waals surface area contributed by atoms with Crippen molar-refractivity contribution < 1.29 is 22.3 Å². The summed E-state index contributed by atoms with van der Waals surface area (Å²) in [4.78, 5) is 4.35. The Balaban J connectivity index is 1.32. The Hall–Kier alpha value is -2.50. The van der Waals surface area contributed by atoms with Gasteiger partial charge in [-0.3, -0.25) is 0 Å². The van der Waals surface area contributed by atoms with Gasteiger partial charge in [0, 0.05) is 0 Å². The average molecular weight is 486 g/mol. The van der Waals surface area contributed by atoms with E-state index in [9.17, 15) is 8.78 Å². The largest absolute Gasteiger partial charge is 0.436 e. The highest BCUT2D eigenvalue weighted by atomic mass is 19.3. The minimum absolute atomic E-state index is 0.0142. The van der Waals surface area contributed by atoms with Crippen LogP contribution in [0.25, 0.3) is 22.6 Å². The Bertz CT molecular complexity index is 1100. The SMILES string of the molecule is CCCC1CCC(C2CCC(c3ccc(-c4nc5ccccc5o4)c(OC(F)F)c3F)CC2)CC1. The van der Waals surface area contributed by atoms with Crippen molar-refractivity contribution in [3.8, 4) is 17.2 Å². The number of rotatable bonds is 7. The molecular weight excluding hydrogens is 451 g/mol. The van der Waals surface area contributed by atoms with Gasteiger partial charge in [0.15, 0.2) is 17.1 Å². The van der Waals surface area contributed by atoms with Crippen molar-refractivity contribution in [2.45, 2.75) is 83.7 Å². The molecule has 6 heteroatoms. The highest BCUT2D eigenvalue weighted by Crippen LogP contribution is 2.46. The third-order valence-corrected chi connectivity index (χ3v) is 8.32. The van der Waals surface area contributed by atoms with Crippen LogP contribution >= 0.6 is 0 Å². The molecule has 35 heavy (non-hydrogen) atoms. The summed E-state index contributed by atoms with van der Waals surface area (Å²) < 4.78 is 52.6. The van der Waals surface area contributed by atoms with Crippen LogP contribution in [0.3, 0.4) is 0 Å². The highest BCUT2D eigenvalue weighted by Gasteiger charge is 2.33. The zero-order valence-corrected chi connectivity index (χ0v) is 20.3. The maximum Gasteiger partial charge on any atom is 0.387 e. The summed E-state index contributed by atoms with van der Waals surface area (Å²) in [7, 11) is 0. The molecule has 0 amide bonds. The normalized spacial score (nSPS) is 25.3. The van der Waals surface area contributed by atoms with Crippen molar-refractivity contribution in [3.63, 3.8) is 0 Å². The quantitative estimate of drug-likeness (QED) is 0.335. The van der Waals surface area contributed by atoms with Crippen LogP contribution in [0.4, 0.5) is 13.2 Å². The first-order chi connectivity index (χ1) is 17.0. The van der Waals surface area contributed by atoms with E-state index in [4.69, 9.17) is 9.15 Å². The van der Waals surface area contributed by atoms with Gasteiger partial charge in [0.2, 0.25) is 5.89 Å². The van der Waals surface area contributed by atoms with Gasteiger partial charge in [-0.05, 0) is 86.0 Å². The summed E-state index contributed by atoms with van der Waals surface area (Å²) >= 11 is 0. The fourth-order valence-corrected chi connectivity index (χ4v) is 6.50. The predicted octanol–water partition coefficient (Wildman–Crippen LogP) is 9.12. The number of oxazole rings is 1. The number of ether oxygens (including phenoxy) is 1. The molecule has 2 saturated carbocycles. The Morgan fingerprint density at radius 1 is 0.943 bits per heavy atom. The van der Waals surface area contributed by atoms with Crippen LogP contribution in [-0.4, -0.2) is 11.6 Å². The molecule has 1 aromatic heterocycles. The van der Waals surface area contributed by atoms with E-state index >= 15 is 4.39 Å². The minimum Gasteiger partial charge on any atom is -0.436 e. The molecule has 3 nitrogen and oxygen atoms in total. The molecule has 2 fully saturated rings. The summed E-state index contributed by atoms with van der Waals surface area (Å²) in [5.74, 6) is 1.29. The molecule has 2 aliphatic rings. The van der Waals surface area contributed by atoms with E-state index in [2.05, 4.69) is 11.9 Å². The topological polar surface area (TPSA) is 35.3 Å². The molecule has 2 aliphatic carbocycles. The first-order valence-electron chi connectivity index (χ1n) is 13.2. The van der Waals surface area contributed by atoms with E-state index in [0.29, 0.717) is 22.6 Å². The molecule has 0 radical (unpaired) electrons. The first-order valence-corrected chi connectivity index (χ1v) is 13.2. The third-order valence-electron chi connectivity index (χ3n) is 8.32. The highest BCUT2D eigenvalue weighted by molar-refractivity contribution is 5.77. The van der Waals surface area contributed by atoms with Gasteiger partial charge < -0.3 is 9.15 Å². The second kappa shape index (κ2) is 10.6. The summed E-state index contributed by atoms with van der Waals surface area (Å²) in [5.41, 5.74) is 1.67. The lowest BCUT2D eigenvalue weighted by Crippen LogP contribution is -2.25. The van der Waals surface area contributed by atoms with E-state index in [-0.39, 0.29) is 17.4 Å². The van der Waals surface area contributed by atoms with Crippen molar-refractivity contribution in [3.05, 3.63) is 47.8 Å². The van der Waals surface area contributed by atoms with Crippen LogP contribution in [0, 0.1) is 23.6 Å². The van der Waals surface area contributed by atoms with Crippen molar-refractivity contribution in [2.24, 2.45) is 17.8 Å². The Morgan fingerprint density at radius 3 is 2.29 bits per heavy atom. The van der Waals surface area contributed by atoms with E-state index < -0.39 is 18.2 Å². The van der Waals surface area contributed by atoms with Gasteiger partial charge in [0.05, 0.1) is 5.56 Å². The van der Waals surface area contributed by atoms with Crippen molar-refractivity contribution in [1.82, 2.24) is 4.98 Å². The molecule has 0 unspecified atom stereocenters. The van der Waals surface area contributed by atoms with Crippen LogP contribution in [0.2, 0.25) is 0 Å². The number of hydrogen-bond donors (Lipinski definition) is 0. The standard InChI is InChI=1S/C29H34F3NO2/c1-2-5-18-8-10-19(11-9-18)20-12-14-21(15-13-20)22-16-17-23(27(26(22)30)35-29(31)32)28-33-24-6-3-4-7-25(24)34-28/h3-4,6-7,16-21,29H,2,5,8-15H2,1H3. The average Bonchev–Trinajstić information content (AvgIpc) is 3.30. The smallest absolute Gasteiger partial charge is 0.387 e. The van der Waals surface area contributed by atoms with Crippen molar-refractivity contribution in [1.29, 1.82) is 0 Å². The van der Waals surface area contributed by atoms with E-state index in [0.717, 1.165) is 37.5 Å². The van der Waals surface area contributed by atoms with Gasteiger partial charge in [-0.2, -0.15) is 8.78 Å². The molecule has 0 saturated heterocycles. The molecule has 1 heterocycles. The molecule has 0 N–H and O–H groups in total. The van der Waals surface area contributed by atoms with Crippen molar-refractivity contribution >= 4 is 11.1 Å². The minimum atomic E-state index is -3.14. The first kappa shape index (κ1) is 24.2. The van der Waals surface area contributed by atoms with E-state index in [1.54, 1.807) is 30.3 Å². The molecule has 2 aromatic carbocycles. The summed E-state index contributed by atoms with van der Waals surface area (Å²) in [6, 6.07) is 10.4. The summed E-state index contributed by atoms with van der Waals surface area (Å²) in [6.07, 6.45) is 11.9. The number of benzene rings is 2. The number of alkyl halides is 2. The molecule has 5 rings (SSSR count). The predicted molar refractivity (Wildman–Crippen MR) is 131 cm³/mol. The number of nitrogens with zero attached hydrogens (tertiary/aromatic N) is 1. The van der Waals surface area contributed by atoms with Crippen LogP contribution in [-0.2, 0) is 0 Å². The molecule has 0 atom stereocenters. The van der Waals surface area contributed by atoms with Crippen LogP contribution < -0.4 is 4.74 Å². The number of halogens is 3. The Morgan fingerprint density at radius 2 is 1.63 bits per heavy atom. The maximum absolute atomic E-state index is 15.7. The maximum atomic E-state index is 15.7. The molecule has 3 aromatic rings. The van der Waals surface area contributed by atoms with Crippen LogP contribution in [0.15, 0.2) is 40.8 Å². The van der Waals surface area contributed by atoms with Gasteiger partial charge >= 0.3 is 6.61 Å². The van der Waals surface area contributed by atoms with Gasteiger partial charge in [-0.15, -0.1) is 0 Å². The zero-order chi connectivity index (χ0) is 24.4. The Labute approximate surface area is 205 Å². The second-order valence-corrected chi connectivity index (χ2v) is 10.4. The molecule has 188 valence electrons. The monoisotopic (exact) mass is 485 g/mol. The lowest BCUT2D eigenvalue weighted by atomic mass is 9.68. The van der Waals surface area contributed by atoms with Gasteiger partial charge in [-0.25, -0.2) is 9.37 Å². The lowest BCUT2D eigenvalue weighted by Gasteiger charge is -2.38. The molecule has 0 bridgehead atoms. The number of fused-ring (bicyclic) bond motifs is 1. The number of aromatic nitrogens is 1. The molecule has 0 aliphatic heterocycles. The van der Waals surface area contributed by atoms with E-state index in [1.165, 1.54) is 38.5 Å². The van der Waals surface area contributed by atoms with Gasteiger partial charge in [0.25, 0.3) is 0 Å². The Kier molecular flexibility index (Phi) is 7.35. The van der Waals surface area contributed by atoms with Crippen molar-refractivity contribution in [2.75, 3.05) is 0 Å². The molecular formula is C29H34F3NO2. The summed E-state index contributed by atoms with van der Waals surface area (Å²) in [5, 5.41) is 0. The fraction of sp³-hybridized carbons (Fsp3) is 0.552. The van der Waals surface area contributed by atoms with Crippen LogP contribution in [0.5, 0.6) is 5.75 Å². The van der Waals surface area contributed by atoms with Crippen LogP contribution in [0.1, 0.15) is 82.6 Å². The van der Waals surface area contributed by atoms with Gasteiger partial charge in [-0.1, -0.05) is 50.8 Å². The number of para-hydroxylation sites is 2. The second-order valence-electron chi connectivity index (χ2n) is 10.4. The fourth-order valence-electron chi connectivity index (χ4n) is 6.50. The number of hydrogen-bond acceptors (Lipinski definition) is 3. The summed E-state index contributed by atoms with van der Waals surface area (Å²) in [6.45, 7) is -0.870.